The number of piperidine rings is 1. The van der Waals surface area contributed by atoms with Gasteiger partial charge in [0.15, 0.2) is 0 Å². The largest absolute Gasteiger partial charge is 0.350 e. The molecule has 29 heavy (non-hydrogen) atoms. The molecule has 3 rings (SSSR count). The minimum absolute atomic E-state index is 0.0318. The van der Waals surface area contributed by atoms with E-state index in [2.05, 4.69) is 5.32 Å². The summed E-state index contributed by atoms with van der Waals surface area (Å²) in [6.45, 7) is 2.60. The quantitative estimate of drug-likeness (QED) is 0.702. The van der Waals surface area contributed by atoms with Crippen LogP contribution in [-0.4, -0.2) is 55.1 Å². The van der Waals surface area contributed by atoms with Crippen molar-refractivity contribution >= 4 is 31.7 Å². The highest BCUT2D eigenvalue weighted by Crippen LogP contribution is 2.26. The summed E-state index contributed by atoms with van der Waals surface area (Å²) in [6.07, 6.45) is 2.31. The molecule has 0 spiro atoms. The summed E-state index contributed by atoms with van der Waals surface area (Å²) in [7, 11) is 1.55. The summed E-state index contributed by atoms with van der Waals surface area (Å²) in [5.41, 5.74) is 1.18. The maximum Gasteiger partial charge on any atom is 0.299 e. The van der Waals surface area contributed by atoms with Crippen molar-refractivity contribution in [1.29, 1.82) is 0 Å². The number of carbonyl (C=O) groups excluding carboxylic acids is 2. The number of nitrogens with zero attached hydrogens (tertiary/aromatic N) is 2. The Morgan fingerprint density at radius 1 is 1.24 bits per heavy atom. The van der Waals surface area contributed by atoms with Gasteiger partial charge in [-0.3, -0.25) is 9.59 Å². The molecule has 1 aromatic rings. The summed E-state index contributed by atoms with van der Waals surface area (Å²) >= 11 is 0. The van der Waals surface area contributed by atoms with E-state index in [1.165, 1.54) is 11.0 Å². The Morgan fingerprint density at radius 2 is 1.97 bits per heavy atom. The van der Waals surface area contributed by atoms with Crippen LogP contribution >= 0.6 is 10.7 Å². The molecule has 0 aliphatic carbocycles. The zero-order valence-corrected chi connectivity index (χ0v) is 17.8. The lowest BCUT2D eigenvalue weighted by molar-refractivity contribution is -0.142. The number of amides is 2. The summed E-state index contributed by atoms with van der Waals surface area (Å²) in [4.78, 5) is 27.2. The van der Waals surface area contributed by atoms with Crippen molar-refractivity contribution in [1.82, 2.24) is 14.5 Å². The third-order valence-electron chi connectivity index (χ3n) is 5.54. The van der Waals surface area contributed by atoms with Crippen LogP contribution in [0.5, 0.6) is 0 Å². The van der Waals surface area contributed by atoms with Crippen LogP contribution in [0, 0.1) is 18.7 Å². The zero-order valence-electron chi connectivity index (χ0n) is 16.2. The third-order valence-corrected chi connectivity index (χ3v) is 7.08. The maximum absolute atomic E-state index is 14.0. The molecular weight excluding hydrogens is 421 g/mol. The number of halogens is 2. The fraction of sp³-hybridized carbons (Fsp3) is 0.579. The predicted molar refractivity (Wildman–Crippen MR) is 107 cm³/mol. The molecule has 2 heterocycles. The number of likely N-dealkylation sites (tertiary alicyclic amines) is 1. The molecule has 10 heteroatoms. The Hall–Kier alpha value is -1.71. The number of hydrogen-bond acceptors (Lipinski definition) is 4. The van der Waals surface area contributed by atoms with E-state index in [0.29, 0.717) is 44.3 Å². The summed E-state index contributed by atoms with van der Waals surface area (Å²) in [5, 5.41) is 2.72. The van der Waals surface area contributed by atoms with E-state index in [9.17, 15) is 22.4 Å². The van der Waals surface area contributed by atoms with Crippen molar-refractivity contribution in [3.05, 3.63) is 35.1 Å². The average molecular weight is 446 g/mol. The van der Waals surface area contributed by atoms with Crippen LogP contribution in [0.4, 0.5) is 4.39 Å². The van der Waals surface area contributed by atoms with E-state index < -0.39 is 21.2 Å². The smallest absolute Gasteiger partial charge is 0.299 e. The van der Waals surface area contributed by atoms with Crippen LogP contribution in [0.2, 0.25) is 0 Å². The molecule has 0 unspecified atom stereocenters. The van der Waals surface area contributed by atoms with Crippen molar-refractivity contribution in [3.8, 4) is 0 Å². The first kappa shape index (κ1) is 22.0. The normalized spacial score (nSPS) is 23.2. The Labute approximate surface area is 174 Å². The molecule has 2 aliphatic heterocycles. The molecule has 2 amide bonds. The molecule has 0 saturated carbocycles. The highest BCUT2D eigenvalue weighted by Gasteiger charge is 2.39. The van der Waals surface area contributed by atoms with Crippen LogP contribution in [0.3, 0.4) is 0 Å². The fourth-order valence-electron chi connectivity index (χ4n) is 3.98. The second-order valence-corrected chi connectivity index (χ2v) is 10.2. The van der Waals surface area contributed by atoms with Gasteiger partial charge in [-0.1, -0.05) is 12.1 Å². The van der Waals surface area contributed by atoms with E-state index in [4.69, 9.17) is 10.7 Å². The standard InChI is InChI=1S/C19H25ClFN3O4S/c1-13-6-7-14(16(21)10-13)11-22-18(25)17-5-3-9-24(17)19(26)15-4-2-8-23(12-15)29(20,27)28/h6-7,10,15,17H,2-5,8-9,11-12H2,1H3,(H,22,25)/t15-,17+/m0/s1. The average Bonchev–Trinajstić information content (AvgIpc) is 3.16. The molecule has 0 radical (unpaired) electrons. The first-order chi connectivity index (χ1) is 13.7. The van der Waals surface area contributed by atoms with Crippen molar-refractivity contribution in [2.45, 2.75) is 45.2 Å². The minimum atomic E-state index is -3.87. The Kier molecular flexibility index (Phi) is 6.80. The van der Waals surface area contributed by atoms with Crippen molar-refractivity contribution in [2.75, 3.05) is 19.6 Å². The molecule has 0 aromatic heterocycles. The first-order valence-corrected chi connectivity index (χ1v) is 12.0. The van der Waals surface area contributed by atoms with Gasteiger partial charge < -0.3 is 10.2 Å². The second-order valence-electron chi connectivity index (χ2n) is 7.64. The van der Waals surface area contributed by atoms with Gasteiger partial charge in [-0.15, -0.1) is 0 Å². The molecule has 2 atom stereocenters. The second kappa shape index (κ2) is 8.97. The van der Waals surface area contributed by atoms with E-state index in [1.807, 2.05) is 0 Å². The van der Waals surface area contributed by atoms with E-state index in [-0.39, 0.29) is 30.7 Å². The molecule has 1 N–H and O–H groups in total. The van der Waals surface area contributed by atoms with Gasteiger partial charge in [0, 0.05) is 42.4 Å². The molecule has 0 bridgehead atoms. The van der Waals surface area contributed by atoms with Gasteiger partial charge in [0.1, 0.15) is 11.9 Å². The SMILES string of the molecule is Cc1ccc(CNC(=O)[C@H]2CCCN2C(=O)[C@H]2CCCN(S(=O)(=O)Cl)C2)c(F)c1. The van der Waals surface area contributed by atoms with E-state index in [1.54, 1.807) is 19.1 Å². The topological polar surface area (TPSA) is 86.8 Å². The fourth-order valence-corrected chi connectivity index (χ4v) is 5.06. The van der Waals surface area contributed by atoms with Crippen LogP contribution in [-0.2, 0) is 25.4 Å². The summed E-state index contributed by atoms with van der Waals surface area (Å²) < 4.78 is 38.3. The van der Waals surface area contributed by atoms with Crippen molar-refractivity contribution in [3.63, 3.8) is 0 Å². The van der Waals surface area contributed by atoms with Gasteiger partial charge in [0.2, 0.25) is 11.8 Å². The molecule has 1 aromatic carbocycles. The molecule has 7 nitrogen and oxygen atoms in total. The molecule has 2 aliphatic rings. The van der Waals surface area contributed by atoms with Gasteiger partial charge >= 0.3 is 0 Å². The van der Waals surface area contributed by atoms with Crippen LogP contribution in [0.1, 0.15) is 36.8 Å². The summed E-state index contributed by atoms with van der Waals surface area (Å²) in [6, 6.07) is 4.19. The zero-order chi connectivity index (χ0) is 21.2. The predicted octanol–water partition coefficient (Wildman–Crippen LogP) is 1.94. The Balaban J connectivity index is 1.62. The number of aryl methyl sites for hydroxylation is 1. The minimum Gasteiger partial charge on any atom is -0.350 e. The van der Waals surface area contributed by atoms with Crippen LogP contribution in [0.15, 0.2) is 18.2 Å². The first-order valence-electron chi connectivity index (χ1n) is 9.70. The van der Waals surface area contributed by atoms with Gasteiger partial charge in [-0.25, -0.2) is 4.39 Å². The van der Waals surface area contributed by atoms with Gasteiger partial charge in [0.25, 0.3) is 9.24 Å². The van der Waals surface area contributed by atoms with Crippen molar-refractivity contribution < 1.29 is 22.4 Å². The van der Waals surface area contributed by atoms with Crippen LogP contribution in [0.25, 0.3) is 0 Å². The maximum atomic E-state index is 14.0. The van der Waals surface area contributed by atoms with Gasteiger partial charge in [-0.05, 0) is 44.2 Å². The number of hydrogen-bond donors (Lipinski definition) is 1. The van der Waals surface area contributed by atoms with Crippen LogP contribution < -0.4 is 5.32 Å². The highest BCUT2D eigenvalue weighted by molar-refractivity contribution is 8.11. The Bertz CT molecular complexity index is 895. The van der Waals surface area contributed by atoms with E-state index >= 15 is 0 Å². The third kappa shape index (κ3) is 5.26. The molecule has 160 valence electrons. The summed E-state index contributed by atoms with van der Waals surface area (Å²) in [5.74, 6) is -1.45. The number of rotatable bonds is 5. The highest BCUT2D eigenvalue weighted by atomic mass is 35.7. The number of nitrogens with one attached hydrogen (secondary N) is 1. The lowest BCUT2D eigenvalue weighted by Gasteiger charge is -2.33. The number of carbonyl (C=O) groups is 2. The Morgan fingerprint density at radius 3 is 2.66 bits per heavy atom. The molecular formula is C19H25ClFN3O4S. The monoisotopic (exact) mass is 445 g/mol. The lowest BCUT2D eigenvalue weighted by atomic mass is 9.97. The lowest BCUT2D eigenvalue weighted by Crippen LogP contribution is -2.50. The van der Waals surface area contributed by atoms with Crippen molar-refractivity contribution in [2.24, 2.45) is 5.92 Å². The number of benzene rings is 1. The van der Waals surface area contributed by atoms with E-state index in [0.717, 1.165) is 9.87 Å². The van der Waals surface area contributed by atoms with Gasteiger partial charge in [0.05, 0.1) is 5.92 Å². The molecule has 2 saturated heterocycles. The molecule has 2 fully saturated rings. The van der Waals surface area contributed by atoms with Gasteiger partial charge in [-0.2, -0.15) is 12.7 Å².